The van der Waals surface area contributed by atoms with E-state index in [1.54, 1.807) is 0 Å². The monoisotopic (exact) mass is 328 g/mol. The molecule has 1 aromatic rings. The predicted octanol–water partition coefficient (Wildman–Crippen LogP) is 3.93. The van der Waals surface area contributed by atoms with Gasteiger partial charge >= 0.3 is 0 Å². The van der Waals surface area contributed by atoms with Crippen molar-refractivity contribution in [1.82, 2.24) is 9.80 Å². The van der Waals surface area contributed by atoms with Gasteiger partial charge in [-0.05, 0) is 51.3 Å². The highest BCUT2D eigenvalue weighted by Crippen LogP contribution is 2.23. The van der Waals surface area contributed by atoms with Crippen LogP contribution in [0.5, 0.6) is 0 Å². The topological polar surface area (TPSA) is 23.6 Å². The molecule has 1 amide bonds. The molecule has 1 aliphatic rings. The van der Waals surface area contributed by atoms with Crippen molar-refractivity contribution in [1.29, 1.82) is 0 Å². The average molecular weight is 329 g/mol. The second kappa shape index (κ2) is 9.03. The number of likely N-dealkylation sites (N-methyl/N-ethyl adjacent to an activating group) is 1. The minimum absolute atomic E-state index is 0.188. The van der Waals surface area contributed by atoms with Crippen molar-refractivity contribution in [2.24, 2.45) is 5.92 Å². The number of hydrogen-bond donors (Lipinski definition) is 0. The van der Waals surface area contributed by atoms with Gasteiger partial charge in [0.05, 0.1) is 0 Å². The van der Waals surface area contributed by atoms with Gasteiger partial charge in [-0.1, -0.05) is 49.4 Å². The number of amides is 1. The smallest absolute Gasteiger partial charge is 0.226 e. The highest BCUT2D eigenvalue weighted by molar-refractivity contribution is 5.79. The van der Waals surface area contributed by atoms with Crippen molar-refractivity contribution in [2.75, 3.05) is 32.7 Å². The Hall–Kier alpha value is -1.61. The maximum absolute atomic E-state index is 12.7. The van der Waals surface area contributed by atoms with Crippen LogP contribution in [0.1, 0.15) is 45.1 Å². The molecule has 24 heavy (non-hydrogen) atoms. The van der Waals surface area contributed by atoms with E-state index in [-0.39, 0.29) is 5.92 Å². The maximum atomic E-state index is 12.7. The third-order valence-corrected chi connectivity index (χ3v) is 4.99. The van der Waals surface area contributed by atoms with Gasteiger partial charge in [0.1, 0.15) is 0 Å². The summed E-state index contributed by atoms with van der Waals surface area (Å²) in [6.07, 6.45) is 1.96. The molecular formula is C21H32N2O. The Balaban J connectivity index is 1.82. The van der Waals surface area contributed by atoms with E-state index >= 15 is 0 Å². The van der Waals surface area contributed by atoms with E-state index in [1.165, 1.54) is 5.56 Å². The molecule has 0 bridgehead atoms. The summed E-state index contributed by atoms with van der Waals surface area (Å²) >= 11 is 0. The molecule has 1 saturated heterocycles. The molecule has 0 aromatic heterocycles. The Kier molecular flexibility index (Phi) is 7.04. The van der Waals surface area contributed by atoms with Crippen LogP contribution in [0.3, 0.4) is 0 Å². The number of carbonyl (C=O) groups is 1. The first-order chi connectivity index (χ1) is 11.5. The molecular weight excluding hydrogens is 296 g/mol. The van der Waals surface area contributed by atoms with Crippen LogP contribution < -0.4 is 0 Å². The molecule has 0 radical (unpaired) electrons. The molecule has 0 unspecified atom stereocenters. The molecule has 3 nitrogen and oxygen atoms in total. The Morgan fingerprint density at radius 1 is 1.29 bits per heavy atom. The first kappa shape index (κ1) is 18.7. The summed E-state index contributed by atoms with van der Waals surface area (Å²) in [7, 11) is 0. The van der Waals surface area contributed by atoms with Crippen LogP contribution in [0.15, 0.2) is 42.5 Å². The number of benzene rings is 1. The molecule has 1 atom stereocenters. The summed E-state index contributed by atoms with van der Waals surface area (Å²) in [4.78, 5) is 17.1. The highest BCUT2D eigenvalue weighted by atomic mass is 16.2. The van der Waals surface area contributed by atoms with E-state index in [0.717, 1.165) is 44.6 Å². The fraction of sp³-hybridized carbons (Fsp3) is 0.571. The van der Waals surface area contributed by atoms with Gasteiger partial charge in [-0.15, -0.1) is 0 Å². The molecule has 0 N–H and O–H groups in total. The van der Waals surface area contributed by atoms with Crippen LogP contribution in [-0.4, -0.2) is 48.4 Å². The molecule has 132 valence electrons. The first-order valence-corrected chi connectivity index (χ1v) is 9.21. The number of carbonyl (C=O) groups excluding carboxylic acids is 1. The van der Waals surface area contributed by atoms with Crippen molar-refractivity contribution in [3.8, 4) is 0 Å². The van der Waals surface area contributed by atoms with Crippen LogP contribution in [0, 0.1) is 5.92 Å². The van der Waals surface area contributed by atoms with E-state index in [2.05, 4.69) is 55.7 Å². The zero-order valence-electron chi connectivity index (χ0n) is 15.5. The molecule has 1 aliphatic heterocycles. The fourth-order valence-corrected chi connectivity index (χ4v) is 3.57. The average Bonchev–Trinajstić information content (AvgIpc) is 2.60. The van der Waals surface area contributed by atoms with Gasteiger partial charge in [0.25, 0.3) is 0 Å². The number of rotatable bonds is 7. The summed E-state index contributed by atoms with van der Waals surface area (Å²) in [6.45, 7) is 14.9. The van der Waals surface area contributed by atoms with Gasteiger partial charge in [0.2, 0.25) is 5.91 Å². The van der Waals surface area contributed by atoms with Crippen molar-refractivity contribution < 1.29 is 4.79 Å². The second-order valence-corrected chi connectivity index (χ2v) is 7.20. The largest absolute Gasteiger partial charge is 0.339 e. The van der Waals surface area contributed by atoms with Gasteiger partial charge in [-0.25, -0.2) is 0 Å². The predicted molar refractivity (Wildman–Crippen MR) is 101 cm³/mol. The van der Waals surface area contributed by atoms with E-state index < -0.39 is 0 Å². The van der Waals surface area contributed by atoms with Crippen molar-refractivity contribution in [3.05, 3.63) is 48.0 Å². The van der Waals surface area contributed by atoms with Crippen LogP contribution in [-0.2, 0) is 4.79 Å². The van der Waals surface area contributed by atoms with E-state index in [0.29, 0.717) is 18.4 Å². The van der Waals surface area contributed by atoms with Gasteiger partial charge in [-0.3, -0.25) is 4.79 Å². The number of piperidine rings is 1. The van der Waals surface area contributed by atoms with Crippen molar-refractivity contribution in [2.45, 2.75) is 39.5 Å². The first-order valence-electron chi connectivity index (χ1n) is 9.21. The Labute approximate surface area is 147 Å². The van der Waals surface area contributed by atoms with Crippen molar-refractivity contribution in [3.63, 3.8) is 0 Å². The summed E-state index contributed by atoms with van der Waals surface area (Å²) in [5.74, 6) is 1.04. The zero-order valence-corrected chi connectivity index (χ0v) is 15.5. The lowest BCUT2D eigenvalue weighted by Crippen LogP contribution is -2.43. The highest BCUT2D eigenvalue weighted by Gasteiger charge is 2.28. The Morgan fingerprint density at radius 2 is 1.92 bits per heavy atom. The van der Waals surface area contributed by atoms with Gasteiger partial charge in [0, 0.05) is 25.6 Å². The van der Waals surface area contributed by atoms with Gasteiger partial charge in [-0.2, -0.15) is 0 Å². The number of nitrogens with zero attached hydrogens (tertiary/aromatic N) is 2. The minimum Gasteiger partial charge on any atom is -0.339 e. The van der Waals surface area contributed by atoms with E-state index in [9.17, 15) is 4.79 Å². The lowest BCUT2D eigenvalue weighted by Gasteiger charge is -2.35. The molecule has 3 heteroatoms. The lowest BCUT2D eigenvalue weighted by molar-refractivity contribution is -0.136. The lowest BCUT2D eigenvalue weighted by atomic mass is 9.93. The second-order valence-electron chi connectivity index (χ2n) is 7.20. The zero-order chi connectivity index (χ0) is 17.5. The van der Waals surface area contributed by atoms with Gasteiger partial charge in [0.15, 0.2) is 0 Å². The molecule has 0 aliphatic carbocycles. The number of likely N-dealkylation sites (tertiary alicyclic amines) is 1. The molecule has 0 saturated carbocycles. The third-order valence-electron chi connectivity index (χ3n) is 4.99. The fourth-order valence-electron chi connectivity index (χ4n) is 3.57. The van der Waals surface area contributed by atoms with Crippen LogP contribution in [0.2, 0.25) is 0 Å². The molecule has 0 spiro atoms. The number of hydrogen-bond acceptors (Lipinski definition) is 2. The minimum atomic E-state index is 0.188. The Bertz CT molecular complexity index is 532. The van der Waals surface area contributed by atoms with Crippen LogP contribution in [0.25, 0.3) is 0 Å². The van der Waals surface area contributed by atoms with Crippen LogP contribution >= 0.6 is 0 Å². The van der Waals surface area contributed by atoms with Crippen molar-refractivity contribution >= 4 is 5.91 Å². The summed E-state index contributed by atoms with van der Waals surface area (Å²) in [5, 5.41) is 0. The molecule has 1 heterocycles. The summed E-state index contributed by atoms with van der Waals surface area (Å²) in [5.41, 5.74) is 2.45. The van der Waals surface area contributed by atoms with Gasteiger partial charge < -0.3 is 9.80 Å². The van der Waals surface area contributed by atoms with E-state index in [1.807, 2.05) is 11.8 Å². The Morgan fingerprint density at radius 3 is 2.46 bits per heavy atom. The summed E-state index contributed by atoms with van der Waals surface area (Å²) in [6, 6.07) is 10.7. The summed E-state index contributed by atoms with van der Waals surface area (Å²) < 4.78 is 0. The third kappa shape index (κ3) is 5.20. The van der Waals surface area contributed by atoms with E-state index in [4.69, 9.17) is 0 Å². The van der Waals surface area contributed by atoms with Crippen LogP contribution in [0.4, 0.5) is 0 Å². The SMILES string of the molecule is C=C(C)CN(CC)C(=O)C1CCN(C[C@@H](C)c2ccccc2)CC1. The normalized spacial score (nSPS) is 17.5. The quantitative estimate of drug-likeness (QED) is 0.708. The molecule has 2 rings (SSSR count). The molecule has 1 fully saturated rings. The molecule has 1 aromatic carbocycles. The standard InChI is InChI=1S/C21H32N2O/c1-5-23(15-17(2)3)21(24)20-11-13-22(14-12-20)16-18(4)19-9-7-6-8-10-19/h6-10,18,20H,2,5,11-16H2,1,3-4H3/t18-/m1/s1. The maximum Gasteiger partial charge on any atom is 0.226 e.